The first-order valence-corrected chi connectivity index (χ1v) is 8.26. The molecule has 0 radical (unpaired) electrons. The maximum absolute atomic E-state index is 13.3. The summed E-state index contributed by atoms with van der Waals surface area (Å²) in [7, 11) is 0. The lowest BCUT2D eigenvalue weighted by atomic mass is 9.68. The van der Waals surface area contributed by atoms with Crippen molar-refractivity contribution in [1.29, 1.82) is 0 Å². The zero-order valence-electron chi connectivity index (χ0n) is 12.4. The minimum Gasteiger partial charge on any atom is -0.207 e. The maximum Gasteiger partial charge on any atom is 0.126 e. The molecule has 3 atom stereocenters. The van der Waals surface area contributed by atoms with Gasteiger partial charge in [0, 0.05) is 10.9 Å². The van der Waals surface area contributed by atoms with E-state index < -0.39 is 11.6 Å². The van der Waals surface area contributed by atoms with Crippen LogP contribution in [0, 0.1) is 28.9 Å². The molecule has 0 amide bonds. The molecule has 1 aromatic rings. The summed E-state index contributed by atoms with van der Waals surface area (Å²) in [6.45, 7) is 6.85. The first-order valence-electron chi connectivity index (χ1n) is 7.35. The molecule has 0 heterocycles. The number of hydrogen-bond acceptors (Lipinski definition) is 0. The lowest BCUT2D eigenvalue weighted by Gasteiger charge is -2.40. The highest BCUT2D eigenvalue weighted by molar-refractivity contribution is 9.09. The molecule has 0 saturated heterocycles. The topological polar surface area (TPSA) is 0 Å². The van der Waals surface area contributed by atoms with Crippen molar-refractivity contribution in [2.24, 2.45) is 17.3 Å². The van der Waals surface area contributed by atoms with Gasteiger partial charge in [0.1, 0.15) is 11.6 Å². The Morgan fingerprint density at radius 2 is 1.70 bits per heavy atom. The predicted octanol–water partition coefficient (Wildman–Crippen LogP) is 5.73. The summed E-state index contributed by atoms with van der Waals surface area (Å²) in [5.41, 5.74) is 1.07. The van der Waals surface area contributed by atoms with Gasteiger partial charge in [-0.3, -0.25) is 0 Å². The normalized spacial score (nSPS) is 27.6. The van der Waals surface area contributed by atoms with E-state index in [9.17, 15) is 8.78 Å². The Balaban J connectivity index is 2.10. The van der Waals surface area contributed by atoms with Crippen LogP contribution >= 0.6 is 15.9 Å². The third-order valence-electron chi connectivity index (χ3n) is 4.53. The Morgan fingerprint density at radius 1 is 1.10 bits per heavy atom. The van der Waals surface area contributed by atoms with Gasteiger partial charge in [-0.2, -0.15) is 0 Å². The SMILES string of the molecule is CC(C)(C)C1CCC(Br)C(Cc2cc(F)cc(F)c2)C1. The molecule has 0 spiro atoms. The fourth-order valence-electron chi connectivity index (χ4n) is 3.26. The molecule has 0 bridgehead atoms. The van der Waals surface area contributed by atoms with Crippen molar-refractivity contribution in [3.05, 3.63) is 35.4 Å². The van der Waals surface area contributed by atoms with Gasteiger partial charge in [-0.05, 0) is 60.6 Å². The molecule has 3 unspecified atom stereocenters. The summed E-state index contributed by atoms with van der Waals surface area (Å²) in [4.78, 5) is 0.451. The summed E-state index contributed by atoms with van der Waals surface area (Å²) in [5, 5.41) is 0. The molecule has 2 rings (SSSR count). The van der Waals surface area contributed by atoms with Crippen molar-refractivity contribution in [3.8, 4) is 0 Å². The Hall–Kier alpha value is -0.440. The fourth-order valence-corrected chi connectivity index (χ4v) is 3.92. The van der Waals surface area contributed by atoms with E-state index in [-0.39, 0.29) is 0 Å². The fraction of sp³-hybridized carbons (Fsp3) is 0.647. The minimum absolute atomic E-state index is 0.304. The van der Waals surface area contributed by atoms with E-state index in [1.54, 1.807) is 0 Å². The summed E-state index contributed by atoms with van der Waals surface area (Å²) in [6.07, 6.45) is 4.24. The molecule has 1 aliphatic carbocycles. The number of alkyl halides is 1. The molecule has 1 saturated carbocycles. The average Bonchev–Trinajstić information content (AvgIpc) is 2.29. The van der Waals surface area contributed by atoms with Crippen LogP contribution in [0.5, 0.6) is 0 Å². The molecule has 0 nitrogen and oxygen atoms in total. The summed E-state index contributed by atoms with van der Waals surface area (Å²) >= 11 is 3.76. The van der Waals surface area contributed by atoms with Crippen LogP contribution in [0.2, 0.25) is 0 Å². The maximum atomic E-state index is 13.3. The molecular weight excluding hydrogens is 322 g/mol. The van der Waals surface area contributed by atoms with Gasteiger partial charge >= 0.3 is 0 Å². The second-order valence-electron chi connectivity index (χ2n) is 7.13. The van der Waals surface area contributed by atoms with E-state index in [0.29, 0.717) is 22.1 Å². The van der Waals surface area contributed by atoms with Crippen molar-refractivity contribution >= 4 is 15.9 Å². The number of benzene rings is 1. The summed E-state index contributed by atoms with van der Waals surface area (Å²) in [6, 6.07) is 3.86. The van der Waals surface area contributed by atoms with E-state index in [1.165, 1.54) is 18.6 Å². The molecule has 0 N–H and O–H groups in total. The van der Waals surface area contributed by atoms with Gasteiger partial charge in [-0.15, -0.1) is 0 Å². The van der Waals surface area contributed by atoms with Gasteiger partial charge in [-0.1, -0.05) is 36.7 Å². The van der Waals surface area contributed by atoms with E-state index in [1.807, 2.05) is 0 Å². The number of hydrogen-bond donors (Lipinski definition) is 0. The predicted molar refractivity (Wildman–Crippen MR) is 83.1 cm³/mol. The highest BCUT2D eigenvalue weighted by Crippen LogP contribution is 2.43. The average molecular weight is 345 g/mol. The summed E-state index contributed by atoms with van der Waals surface area (Å²) < 4.78 is 26.6. The molecule has 3 heteroatoms. The summed E-state index contributed by atoms with van der Waals surface area (Å²) in [5.74, 6) is 0.178. The Labute approximate surface area is 129 Å². The number of rotatable bonds is 2. The van der Waals surface area contributed by atoms with E-state index >= 15 is 0 Å². The van der Waals surface area contributed by atoms with Gasteiger partial charge in [0.2, 0.25) is 0 Å². The monoisotopic (exact) mass is 344 g/mol. The number of halogens is 3. The van der Waals surface area contributed by atoms with Crippen LogP contribution in [0.4, 0.5) is 8.78 Å². The van der Waals surface area contributed by atoms with Crippen LogP contribution in [-0.2, 0) is 6.42 Å². The largest absolute Gasteiger partial charge is 0.207 e. The lowest BCUT2D eigenvalue weighted by molar-refractivity contribution is 0.146. The third-order valence-corrected chi connectivity index (χ3v) is 5.74. The van der Waals surface area contributed by atoms with E-state index in [4.69, 9.17) is 0 Å². The standard InChI is InChI=1S/C17H23BrF2/c1-17(2,3)13-4-5-16(18)12(9-13)6-11-7-14(19)10-15(20)8-11/h7-8,10,12-13,16H,4-6,9H2,1-3H3. The Morgan fingerprint density at radius 3 is 2.25 bits per heavy atom. The van der Waals surface area contributed by atoms with E-state index in [2.05, 4.69) is 36.7 Å². The van der Waals surface area contributed by atoms with Crippen LogP contribution in [-0.4, -0.2) is 4.83 Å². The smallest absolute Gasteiger partial charge is 0.126 e. The second-order valence-corrected chi connectivity index (χ2v) is 8.31. The van der Waals surface area contributed by atoms with Crippen LogP contribution < -0.4 is 0 Å². The first kappa shape index (κ1) is 15.9. The molecule has 0 aromatic heterocycles. The zero-order chi connectivity index (χ0) is 14.9. The molecule has 112 valence electrons. The van der Waals surface area contributed by atoms with Gasteiger partial charge in [-0.25, -0.2) is 8.78 Å². The van der Waals surface area contributed by atoms with E-state index in [0.717, 1.165) is 30.9 Å². The lowest BCUT2D eigenvalue weighted by Crippen LogP contribution is -2.33. The molecule has 1 aromatic carbocycles. The van der Waals surface area contributed by atoms with Gasteiger partial charge in [0.25, 0.3) is 0 Å². The molecule has 1 aliphatic rings. The first-order chi connectivity index (χ1) is 9.25. The molecule has 1 fully saturated rings. The van der Waals surface area contributed by atoms with Gasteiger partial charge < -0.3 is 0 Å². The van der Waals surface area contributed by atoms with Crippen molar-refractivity contribution in [3.63, 3.8) is 0 Å². The zero-order valence-corrected chi connectivity index (χ0v) is 14.0. The van der Waals surface area contributed by atoms with Gasteiger partial charge in [0.15, 0.2) is 0 Å². The molecule has 20 heavy (non-hydrogen) atoms. The quantitative estimate of drug-likeness (QED) is 0.600. The molecule has 0 aliphatic heterocycles. The highest BCUT2D eigenvalue weighted by atomic mass is 79.9. The second kappa shape index (κ2) is 6.13. The van der Waals surface area contributed by atoms with Crippen molar-refractivity contribution in [2.45, 2.75) is 51.3 Å². The van der Waals surface area contributed by atoms with Crippen LogP contribution in [0.15, 0.2) is 18.2 Å². The van der Waals surface area contributed by atoms with Gasteiger partial charge in [0.05, 0.1) is 0 Å². The third kappa shape index (κ3) is 4.03. The van der Waals surface area contributed by atoms with Crippen LogP contribution in [0.3, 0.4) is 0 Å². The van der Waals surface area contributed by atoms with Crippen molar-refractivity contribution in [2.75, 3.05) is 0 Å². The van der Waals surface area contributed by atoms with Crippen LogP contribution in [0.25, 0.3) is 0 Å². The van der Waals surface area contributed by atoms with Crippen LogP contribution in [0.1, 0.15) is 45.6 Å². The van der Waals surface area contributed by atoms with Crippen molar-refractivity contribution < 1.29 is 8.78 Å². The minimum atomic E-state index is -0.477. The van der Waals surface area contributed by atoms with Crippen molar-refractivity contribution in [1.82, 2.24) is 0 Å². The molecular formula is C17H23BrF2. The Kier molecular flexibility index (Phi) is 4.88. The Bertz CT molecular complexity index is 444. The highest BCUT2D eigenvalue weighted by Gasteiger charge is 2.34.